The van der Waals surface area contributed by atoms with Crippen molar-refractivity contribution >= 4 is 17.5 Å². The number of nitrogens with zero attached hydrogens (tertiary/aromatic N) is 2. The van der Waals surface area contributed by atoms with Gasteiger partial charge in [-0.15, -0.1) is 13.2 Å². The second kappa shape index (κ2) is 9.96. The fraction of sp³-hybridized carbons (Fsp3) is 0.269. The number of ether oxygens (including phenoxy) is 1. The van der Waals surface area contributed by atoms with Gasteiger partial charge in [0, 0.05) is 42.3 Å². The number of hydrogen-bond donors (Lipinski definition) is 1. The first kappa shape index (κ1) is 25.2. The number of rotatable bonds is 6. The number of halogens is 4. The third kappa shape index (κ3) is 5.48. The minimum Gasteiger partial charge on any atom is -0.406 e. The van der Waals surface area contributed by atoms with Gasteiger partial charge < -0.3 is 15.0 Å². The van der Waals surface area contributed by atoms with Crippen molar-refractivity contribution in [3.05, 3.63) is 89.5 Å². The molecule has 10 heteroatoms. The number of anilines is 1. The number of benzene rings is 2. The fourth-order valence-corrected chi connectivity index (χ4v) is 4.44. The average molecular weight is 501 g/mol. The summed E-state index contributed by atoms with van der Waals surface area (Å²) in [4.78, 5) is 32.9. The Labute approximate surface area is 204 Å². The SMILES string of the molecule is CC(C)CN1C(=O)c2ccccc2[C@@H](C(=O)Nc2cc(F)cc(OC(F)(F)F)c2)[C@@H]1c1cccnc1. The first-order chi connectivity index (χ1) is 17.0. The smallest absolute Gasteiger partial charge is 0.406 e. The molecule has 3 aromatic rings. The Bertz CT molecular complexity index is 1260. The topological polar surface area (TPSA) is 71.5 Å². The lowest BCUT2D eigenvalue weighted by Gasteiger charge is -2.42. The quantitative estimate of drug-likeness (QED) is 0.440. The van der Waals surface area contributed by atoms with Crippen LogP contribution in [0.5, 0.6) is 5.75 Å². The number of amides is 2. The van der Waals surface area contributed by atoms with Crippen LogP contribution in [0.25, 0.3) is 0 Å². The van der Waals surface area contributed by atoms with E-state index >= 15 is 0 Å². The zero-order valence-electron chi connectivity index (χ0n) is 19.4. The number of carbonyl (C=O) groups excluding carboxylic acids is 2. The highest BCUT2D eigenvalue weighted by Crippen LogP contribution is 2.43. The normalized spacial score (nSPS) is 17.6. The Hall–Kier alpha value is -3.95. The summed E-state index contributed by atoms with van der Waals surface area (Å²) >= 11 is 0. The zero-order valence-corrected chi connectivity index (χ0v) is 19.4. The molecule has 0 aliphatic carbocycles. The van der Waals surface area contributed by atoms with Gasteiger partial charge in [0.05, 0.1) is 12.0 Å². The molecule has 2 amide bonds. The monoisotopic (exact) mass is 501 g/mol. The summed E-state index contributed by atoms with van der Waals surface area (Å²) in [5, 5.41) is 2.52. The number of carbonyl (C=O) groups is 2. The van der Waals surface area contributed by atoms with E-state index in [1.165, 1.54) is 0 Å². The third-order valence-electron chi connectivity index (χ3n) is 5.68. The van der Waals surface area contributed by atoms with Gasteiger partial charge in [-0.05, 0) is 35.2 Å². The van der Waals surface area contributed by atoms with E-state index in [4.69, 9.17) is 0 Å². The summed E-state index contributed by atoms with van der Waals surface area (Å²) in [6, 6.07) is 11.7. The van der Waals surface area contributed by atoms with E-state index in [0.29, 0.717) is 29.3 Å². The average Bonchev–Trinajstić information content (AvgIpc) is 2.79. The van der Waals surface area contributed by atoms with Crippen molar-refractivity contribution in [3.63, 3.8) is 0 Å². The summed E-state index contributed by atoms with van der Waals surface area (Å²) in [5.41, 5.74) is 1.20. The molecular weight excluding hydrogens is 478 g/mol. The lowest BCUT2D eigenvalue weighted by atomic mass is 9.79. The molecule has 1 aliphatic heterocycles. The van der Waals surface area contributed by atoms with Crippen molar-refractivity contribution in [2.75, 3.05) is 11.9 Å². The molecule has 0 bridgehead atoms. The number of nitrogens with one attached hydrogen (secondary N) is 1. The van der Waals surface area contributed by atoms with E-state index in [2.05, 4.69) is 15.0 Å². The predicted molar refractivity (Wildman–Crippen MR) is 124 cm³/mol. The molecule has 1 N–H and O–H groups in total. The van der Waals surface area contributed by atoms with Crippen LogP contribution in [0.4, 0.5) is 23.2 Å². The van der Waals surface area contributed by atoms with Crippen LogP contribution >= 0.6 is 0 Å². The highest BCUT2D eigenvalue weighted by Gasteiger charge is 2.44. The summed E-state index contributed by atoms with van der Waals surface area (Å²) in [6.45, 7) is 4.23. The summed E-state index contributed by atoms with van der Waals surface area (Å²) < 4.78 is 55.9. The van der Waals surface area contributed by atoms with Gasteiger partial charge in [0.25, 0.3) is 5.91 Å². The Morgan fingerprint density at radius 1 is 1.14 bits per heavy atom. The zero-order chi connectivity index (χ0) is 26.0. The van der Waals surface area contributed by atoms with Gasteiger partial charge in [-0.25, -0.2) is 4.39 Å². The molecule has 36 heavy (non-hydrogen) atoms. The minimum atomic E-state index is -5.03. The van der Waals surface area contributed by atoms with Crippen LogP contribution < -0.4 is 10.1 Å². The molecule has 0 saturated carbocycles. The molecule has 0 spiro atoms. The second-order valence-electron chi connectivity index (χ2n) is 8.86. The third-order valence-corrected chi connectivity index (χ3v) is 5.68. The van der Waals surface area contributed by atoms with E-state index in [1.54, 1.807) is 53.7 Å². The molecule has 1 aliphatic rings. The summed E-state index contributed by atoms with van der Waals surface area (Å²) in [5.74, 6) is -3.56. The maximum Gasteiger partial charge on any atom is 0.573 e. The van der Waals surface area contributed by atoms with E-state index in [0.717, 1.165) is 12.1 Å². The van der Waals surface area contributed by atoms with Crippen molar-refractivity contribution in [1.82, 2.24) is 9.88 Å². The number of pyridine rings is 1. The van der Waals surface area contributed by atoms with Crippen molar-refractivity contribution < 1.29 is 31.9 Å². The van der Waals surface area contributed by atoms with Crippen molar-refractivity contribution in [2.45, 2.75) is 32.2 Å². The van der Waals surface area contributed by atoms with Crippen molar-refractivity contribution in [2.24, 2.45) is 5.92 Å². The summed E-state index contributed by atoms with van der Waals surface area (Å²) in [7, 11) is 0. The Morgan fingerprint density at radius 3 is 2.56 bits per heavy atom. The van der Waals surface area contributed by atoms with Gasteiger partial charge in [0.1, 0.15) is 11.6 Å². The van der Waals surface area contributed by atoms with E-state index < -0.39 is 35.8 Å². The van der Waals surface area contributed by atoms with Crippen molar-refractivity contribution in [3.8, 4) is 5.75 Å². The van der Waals surface area contributed by atoms with E-state index in [9.17, 15) is 27.2 Å². The van der Waals surface area contributed by atoms with Gasteiger partial charge in [-0.1, -0.05) is 38.1 Å². The first-order valence-electron chi connectivity index (χ1n) is 11.2. The summed E-state index contributed by atoms with van der Waals surface area (Å²) in [6.07, 6.45) is -1.89. The van der Waals surface area contributed by atoms with Crippen LogP contribution in [0, 0.1) is 11.7 Å². The number of aromatic nitrogens is 1. The molecule has 0 saturated heterocycles. The highest BCUT2D eigenvalue weighted by atomic mass is 19.4. The van der Waals surface area contributed by atoms with Crippen LogP contribution in [-0.2, 0) is 4.79 Å². The fourth-order valence-electron chi connectivity index (χ4n) is 4.44. The van der Waals surface area contributed by atoms with Crippen LogP contribution in [0.3, 0.4) is 0 Å². The van der Waals surface area contributed by atoms with Crippen molar-refractivity contribution in [1.29, 1.82) is 0 Å². The molecule has 2 aromatic carbocycles. The molecule has 6 nitrogen and oxygen atoms in total. The van der Waals surface area contributed by atoms with Gasteiger partial charge in [0.15, 0.2) is 0 Å². The lowest BCUT2D eigenvalue weighted by molar-refractivity contribution is -0.274. The van der Waals surface area contributed by atoms with Gasteiger partial charge in [-0.3, -0.25) is 14.6 Å². The Balaban J connectivity index is 1.79. The lowest BCUT2D eigenvalue weighted by Crippen LogP contribution is -2.47. The standard InChI is InChI=1S/C26H23F4N3O3/c1-15(2)14-33-23(16-6-5-9-31-13-16)22(20-7-3-4-8-21(20)25(33)35)24(34)32-18-10-17(27)11-19(12-18)36-26(28,29)30/h3-13,15,22-23H,14H2,1-2H3,(H,32,34)/t22-,23+/m1/s1. The maximum atomic E-state index is 14.1. The van der Waals surface area contributed by atoms with E-state index in [1.807, 2.05) is 13.8 Å². The molecule has 4 rings (SSSR count). The maximum absolute atomic E-state index is 14.1. The molecule has 0 fully saturated rings. The number of hydrogen-bond acceptors (Lipinski definition) is 4. The molecule has 0 radical (unpaired) electrons. The highest BCUT2D eigenvalue weighted by molar-refractivity contribution is 6.04. The molecule has 188 valence electrons. The molecule has 1 aromatic heterocycles. The second-order valence-corrected chi connectivity index (χ2v) is 8.86. The van der Waals surface area contributed by atoms with Crippen LogP contribution in [0.15, 0.2) is 67.0 Å². The minimum absolute atomic E-state index is 0.0763. The molecule has 2 heterocycles. The molecular formula is C26H23F4N3O3. The van der Waals surface area contributed by atoms with Gasteiger partial charge >= 0.3 is 6.36 Å². The predicted octanol–water partition coefficient (Wildman–Crippen LogP) is 5.69. The largest absolute Gasteiger partial charge is 0.573 e. The van der Waals surface area contributed by atoms with Crippen LogP contribution in [0.1, 0.15) is 47.3 Å². The molecule has 2 atom stereocenters. The molecule has 0 unspecified atom stereocenters. The van der Waals surface area contributed by atoms with Gasteiger partial charge in [0.2, 0.25) is 5.91 Å². The number of alkyl halides is 3. The Morgan fingerprint density at radius 2 is 1.89 bits per heavy atom. The first-order valence-corrected chi connectivity index (χ1v) is 11.2. The van der Waals surface area contributed by atoms with E-state index in [-0.39, 0.29) is 17.5 Å². The van der Waals surface area contributed by atoms with Crippen LogP contribution in [0.2, 0.25) is 0 Å². The number of fused-ring (bicyclic) bond motifs is 1. The van der Waals surface area contributed by atoms with Crippen LogP contribution in [-0.4, -0.2) is 34.6 Å². The van der Waals surface area contributed by atoms with Gasteiger partial charge in [-0.2, -0.15) is 0 Å². The Kier molecular flexibility index (Phi) is 6.96.